The maximum absolute atomic E-state index is 5.97. The molecule has 2 aromatic carbocycles. The van der Waals surface area contributed by atoms with Crippen molar-refractivity contribution in [3.8, 4) is 17.4 Å². The maximum Gasteiger partial charge on any atom is 0.227 e. The summed E-state index contributed by atoms with van der Waals surface area (Å²) in [7, 11) is 1.64. The lowest BCUT2D eigenvalue weighted by Gasteiger charge is -2.11. The summed E-state index contributed by atoms with van der Waals surface area (Å²) in [4.78, 5) is 4.33. The Hall–Kier alpha value is -2.59. The zero-order valence-electron chi connectivity index (χ0n) is 11.7. The van der Waals surface area contributed by atoms with Crippen LogP contribution < -0.4 is 15.2 Å². The molecule has 0 spiro atoms. The normalized spacial score (nSPS) is 10.6. The van der Waals surface area contributed by atoms with Gasteiger partial charge in [-0.05, 0) is 29.7 Å². The first kappa shape index (κ1) is 13.4. The van der Waals surface area contributed by atoms with Gasteiger partial charge in [-0.25, -0.2) is 4.98 Å². The van der Waals surface area contributed by atoms with Gasteiger partial charge in [0, 0.05) is 23.7 Å². The second kappa shape index (κ2) is 5.81. The first-order chi connectivity index (χ1) is 10.3. The van der Waals surface area contributed by atoms with Gasteiger partial charge < -0.3 is 15.2 Å². The van der Waals surface area contributed by atoms with Crippen LogP contribution in [0.1, 0.15) is 5.56 Å². The molecule has 3 rings (SSSR count). The number of hydrogen-bond acceptors (Lipinski definition) is 4. The second-order valence-corrected chi connectivity index (χ2v) is 4.62. The lowest BCUT2D eigenvalue weighted by molar-refractivity contribution is 0.415. The van der Waals surface area contributed by atoms with Crippen LogP contribution in [0.25, 0.3) is 10.8 Å². The molecule has 106 valence electrons. The first-order valence-electron chi connectivity index (χ1n) is 6.70. The van der Waals surface area contributed by atoms with Crippen molar-refractivity contribution < 1.29 is 9.47 Å². The van der Waals surface area contributed by atoms with Gasteiger partial charge in [-0.1, -0.05) is 24.3 Å². The lowest BCUT2D eigenvalue weighted by Crippen LogP contribution is -2.00. The van der Waals surface area contributed by atoms with E-state index in [2.05, 4.69) is 4.98 Å². The van der Waals surface area contributed by atoms with Crippen molar-refractivity contribution in [1.29, 1.82) is 0 Å². The highest BCUT2D eigenvalue weighted by Crippen LogP contribution is 2.31. The molecule has 0 saturated heterocycles. The topological polar surface area (TPSA) is 57.4 Å². The Labute approximate surface area is 123 Å². The molecule has 4 heteroatoms. The SMILES string of the molecule is COc1ccc2ccnc(Oc3ccccc3CN)c2c1. The smallest absolute Gasteiger partial charge is 0.227 e. The molecular formula is C17H16N2O2. The zero-order valence-corrected chi connectivity index (χ0v) is 11.7. The molecule has 0 aliphatic rings. The van der Waals surface area contributed by atoms with Crippen LogP contribution in [0.4, 0.5) is 0 Å². The van der Waals surface area contributed by atoms with Gasteiger partial charge in [-0.3, -0.25) is 0 Å². The summed E-state index contributed by atoms with van der Waals surface area (Å²) in [6.07, 6.45) is 1.73. The average molecular weight is 280 g/mol. The minimum Gasteiger partial charge on any atom is -0.497 e. The van der Waals surface area contributed by atoms with Gasteiger partial charge >= 0.3 is 0 Å². The predicted octanol–water partition coefficient (Wildman–Crippen LogP) is 3.49. The van der Waals surface area contributed by atoms with E-state index >= 15 is 0 Å². The first-order valence-corrected chi connectivity index (χ1v) is 6.70. The van der Waals surface area contributed by atoms with E-state index in [0.717, 1.165) is 27.8 Å². The van der Waals surface area contributed by atoms with Crippen molar-refractivity contribution in [2.75, 3.05) is 7.11 Å². The quantitative estimate of drug-likeness (QED) is 0.794. The highest BCUT2D eigenvalue weighted by Gasteiger charge is 2.08. The van der Waals surface area contributed by atoms with Crippen LogP contribution in [0.3, 0.4) is 0 Å². The van der Waals surface area contributed by atoms with Crippen molar-refractivity contribution >= 4 is 10.8 Å². The predicted molar refractivity (Wildman–Crippen MR) is 82.7 cm³/mol. The van der Waals surface area contributed by atoms with Gasteiger partial charge in [-0.15, -0.1) is 0 Å². The largest absolute Gasteiger partial charge is 0.497 e. The van der Waals surface area contributed by atoms with E-state index in [1.807, 2.05) is 48.5 Å². The van der Waals surface area contributed by atoms with E-state index in [-0.39, 0.29) is 0 Å². The standard InChI is InChI=1S/C17H16N2O2/c1-20-14-7-6-12-8-9-19-17(15(12)10-14)21-16-5-3-2-4-13(16)11-18/h2-10H,11,18H2,1H3. The van der Waals surface area contributed by atoms with E-state index in [1.165, 1.54) is 0 Å². The molecule has 1 heterocycles. The number of ether oxygens (including phenoxy) is 2. The molecule has 0 bridgehead atoms. The van der Waals surface area contributed by atoms with Crippen molar-refractivity contribution in [1.82, 2.24) is 4.98 Å². The van der Waals surface area contributed by atoms with Crippen molar-refractivity contribution in [2.24, 2.45) is 5.73 Å². The molecule has 0 aliphatic carbocycles. The second-order valence-electron chi connectivity index (χ2n) is 4.62. The Kier molecular flexibility index (Phi) is 3.71. The highest BCUT2D eigenvalue weighted by atomic mass is 16.5. The summed E-state index contributed by atoms with van der Waals surface area (Å²) < 4.78 is 11.2. The van der Waals surface area contributed by atoms with Gasteiger partial charge in [0.1, 0.15) is 11.5 Å². The van der Waals surface area contributed by atoms with Crippen LogP contribution in [-0.2, 0) is 6.54 Å². The molecule has 4 nitrogen and oxygen atoms in total. The highest BCUT2D eigenvalue weighted by molar-refractivity contribution is 5.88. The molecule has 0 unspecified atom stereocenters. The Morgan fingerprint density at radius 3 is 2.76 bits per heavy atom. The van der Waals surface area contributed by atoms with E-state index in [1.54, 1.807) is 13.3 Å². The number of para-hydroxylation sites is 1. The Morgan fingerprint density at radius 2 is 1.95 bits per heavy atom. The van der Waals surface area contributed by atoms with Crippen LogP contribution in [0.15, 0.2) is 54.7 Å². The third kappa shape index (κ3) is 2.66. The van der Waals surface area contributed by atoms with Crippen LogP contribution in [0, 0.1) is 0 Å². The van der Waals surface area contributed by atoms with Crippen molar-refractivity contribution in [3.05, 3.63) is 60.3 Å². The fourth-order valence-electron chi connectivity index (χ4n) is 2.21. The summed E-state index contributed by atoms with van der Waals surface area (Å²) in [5.41, 5.74) is 6.69. The number of nitrogens with two attached hydrogens (primary N) is 1. The molecule has 0 atom stereocenters. The number of fused-ring (bicyclic) bond motifs is 1. The molecule has 0 saturated carbocycles. The summed E-state index contributed by atoms with van der Waals surface area (Å²) >= 11 is 0. The number of hydrogen-bond donors (Lipinski definition) is 1. The van der Waals surface area contributed by atoms with E-state index in [4.69, 9.17) is 15.2 Å². The van der Waals surface area contributed by atoms with E-state index in [0.29, 0.717) is 12.4 Å². The minimum atomic E-state index is 0.421. The van der Waals surface area contributed by atoms with Crippen LogP contribution in [0.2, 0.25) is 0 Å². The fraction of sp³-hybridized carbons (Fsp3) is 0.118. The number of methoxy groups -OCH3 is 1. The molecular weight excluding hydrogens is 264 g/mol. The fourth-order valence-corrected chi connectivity index (χ4v) is 2.21. The molecule has 0 fully saturated rings. The van der Waals surface area contributed by atoms with Crippen molar-refractivity contribution in [3.63, 3.8) is 0 Å². The zero-order chi connectivity index (χ0) is 14.7. The molecule has 2 N–H and O–H groups in total. The van der Waals surface area contributed by atoms with Gasteiger partial charge in [-0.2, -0.15) is 0 Å². The number of nitrogens with zero attached hydrogens (tertiary/aromatic N) is 1. The van der Waals surface area contributed by atoms with Gasteiger partial charge in [0.15, 0.2) is 0 Å². The summed E-state index contributed by atoms with van der Waals surface area (Å²) in [6, 6.07) is 15.5. The Morgan fingerprint density at radius 1 is 1.10 bits per heavy atom. The van der Waals surface area contributed by atoms with Crippen LogP contribution in [-0.4, -0.2) is 12.1 Å². The Balaban J connectivity index is 2.07. The lowest BCUT2D eigenvalue weighted by atomic mass is 10.1. The number of benzene rings is 2. The minimum absolute atomic E-state index is 0.421. The molecule has 21 heavy (non-hydrogen) atoms. The van der Waals surface area contributed by atoms with Crippen LogP contribution >= 0.6 is 0 Å². The van der Waals surface area contributed by atoms with Gasteiger partial charge in [0.25, 0.3) is 0 Å². The third-order valence-electron chi connectivity index (χ3n) is 3.34. The third-order valence-corrected chi connectivity index (χ3v) is 3.34. The van der Waals surface area contributed by atoms with E-state index in [9.17, 15) is 0 Å². The van der Waals surface area contributed by atoms with Gasteiger partial charge in [0.2, 0.25) is 5.88 Å². The summed E-state index contributed by atoms with van der Waals surface area (Å²) in [5.74, 6) is 2.04. The molecule has 1 aromatic heterocycles. The molecule has 0 radical (unpaired) electrons. The number of aromatic nitrogens is 1. The number of rotatable bonds is 4. The summed E-state index contributed by atoms with van der Waals surface area (Å²) in [6.45, 7) is 0.421. The van der Waals surface area contributed by atoms with Gasteiger partial charge in [0.05, 0.1) is 7.11 Å². The maximum atomic E-state index is 5.97. The monoisotopic (exact) mass is 280 g/mol. The average Bonchev–Trinajstić information content (AvgIpc) is 2.55. The van der Waals surface area contributed by atoms with Crippen molar-refractivity contribution in [2.45, 2.75) is 6.54 Å². The summed E-state index contributed by atoms with van der Waals surface area (Å²) in [5, 5.41) is 1.95. The van der Waals surface area contributed by atoms with E-state index < -0.39 is 0 Å². The molecule has 3 aromatic rings. The number of pyridine rings is 1. The Bertz CT molecular complexity index is 772. The molecule has 0 aliphatic heterocycles. The molecule has 0 amide bonds. The van der Waals surface area contributed by atoms with Crippen LogP contribution in [0.5, 0.6) is 17.4 Å².